The van der Waals surface area contributed by atoms with E-state index in [9.17, 15) is 0 Å². The Hall–Kier alpha value is -5.52. The molecule has 5 nitrogen and oxygen atoms in total. The van der Waals surface area contributed by atoms with Gasteiger partial charge in [-0.05, 0) is 97.1 Å². The molecule has 6 aromatic carbocycles. The highest BCUT2D eigenvalue weighted by Crippen LogP contribution is 2.36. The number of hydrogen-bond donors (Lipinski definition) is 0. The van der Waals surface area contributed by atoms with Crippen LogP contribution in [0.3, 0.4) is 0 Å². The van der Waals surface area contributed by atoms with Crippen LogP contribution in [0.1, 0.15) is 55.4 Å². The van der Waals surface area contributed by atoms with Crippen molar-refractivity contribution >= 4 is 34.1 Å². The van der Waals surface area contributed by atoms with Crippen molar-refractivity contribution in [3.05, 3.63) is 170 Å². The second-order valence-corrected chi connectivity index (χ2v) is 10.3. The van der Waals surface area contributed by atoms with Crippen LogP contribution >= 0.6 is 0 Å². The Morgan fingerprint density at radius 1 is 0.283 bits per heavy atom. The van der Waals surface area contributed by atoms with E-state index in [1.54, 1.807) is 0 Å². The summed E-state index contributed by atoms with van der Waals surface area (Å²) in [5.41, 5.74) is 6.54. The first-order valence-corrected chi connectivity index (χ1v) is 19.2. The Labute approximate surface area is 320 Å². The first-order chi connectivity index (χ1) is 26.3. The molecule has 0 aliphatic rings. The SMILES string of the molecule is CC.CC.CC.CC.c1ccc(N(c2ccccc2)c2ccc(OCCOCCOc3ccc(N(c4ccccc4)c4ccccc4)cc3)cc2)cc1. The molecule has 5 heteroatoms. The summed E-state index contributed by atoms with van der Waals surface area (Å²) in [7, 11) is 0. The summed E-state index contributed by atoms with van der Waals surface area (Å²) >= 11 is 0. The lowest BCUT2D eigenvalue weighted by Crippen LogP contribution is -2.12. The van der Waals surface area contributed by atoms with Gasteiger partial charge in [-0.15, -0.1) is 0 Å². The van der Waals surface area contributed by atoms with E-state index >= 15 is 0 Å². The highest BCUT2D eigenvalue weighted by Gasteiger charge is 2.13. The minimum absolute atomic E-state index is 0.462. The van der Waals surface area contributed by atoms with Gasteiger partial charge in [0.2, 0.25) is 0 Å². The van der Waals surface area contributed by atoms with Crippen LogP contribution in [0.2, 0.25) is 0 Å². The number of nitrogens with zero attached hydrogens (tertiary/aromatic N) is 2. The fourth-order valence-electron chi connectivity index (χ4n) is 5.12. The van der Waals surface area contributed by atoms with Gasteiger partial charge >= 0.3 is 0 Å². The summed E-state index contributed by atoms with van der Waals surface area (Å²) in [6, 6.07) is 57.7. The molecule has 6 aromatic rings. The minimum Gasteiger partial charge on any atom is -0.491 e. The van der Waals surface area contributed by atoms with Gasteiger partial charge in [0.1, 0.15) is 24.7 Å². The molecule has 0 heterocycles. The van der Waals surface area contributed by atoms with Gasteiger partial charge in [0.15, 0.2) is 0 Å². The van der Waals surface area contributed by atoms with Crippen LogP contribution in [-0.2, 0) is 4.74 Å². The molecule has 0 atom stereocenters. The van der Waals surface area contributed by atoms with Crippen LogP contribution in [0.15, 0.2) is 170 Å². The first-order valence-electron chi connectivity index (χ1n) is 19.2. The topological polar surface area (TPSA) is 34.2 Å². The smallest absolute Gasteiger partial charge is 0.119 e. The lowest BCUT2D eigenvalue weighted by molar-refractivity contribution is 0.0764. The summed E-state index contributed by atoms with van der Waals surface area (Å²) in [6.07, 6.45) is 0. The molecule has 53 heavy (non-hydrogen) atoms. The van der Waals surface area contributed by atoms with Gasteiger partial charge in [0, 0.05) is 34.1 Å². The van der Waals surface area contributed by atoms with Crippen LogP contribution < -0.4 is 19.3 Å². The predicted molar refractivity (Wildman–Crippen MR) is 229 cm³/mol. The van der Waals surface area contributed by atoms with Crippen molar-refractivity contribution in [1.29, 1.82) is 0 Å². The molecular weight excluding hydrogens is 653 g/mol. The molecule has 0 saturated heterocycles. The Bertz CT molecular complexity index is 1490. The van der Waals surface area contributed by atoms with Crippen LogP contribution in [-0.4, -0.2) is 26.4 Å². The normalized spacial score (nSPS) is 9.51. The molecule has 0 spiro atoms. The maximum atomic E-state index is 5.94. The molecule has 0 unspecified atom stereocenters. The van der Waals surface area contributed by atoms with Crippen molar-refractivity contribution in [3.63, 3.8) is 0 Å². The van der Waals surface area contributed by atoms with E-state index in [-0.39, 0.29) is 0 Å². The first kappa shape index (κ1) is 43.6. The van der Waals surface area contributed by atoms with E-state index < -0.39 is 0 Å². The Morgan fingerprint density at radius 2 is 0.509 bits per heavy atom. The Balaban J connectivity index is 0.00000114. The Morgan fingerprint density at radius 3 is 0.755 bits per heavy atom. The van der Waals surface area contributed by atoms with E-state index in [0.717, 1.165) is 45.6 Å². The van der Waals surface area contributed by atoms with E-state index in [0.29, 0.717) is 26.4 Å². The molecule has 0 aliphatic heterocycles. The number of para-hydroxylation sites is 4. The number of anilines is 6. The molecule has 0 bridgehead atoms. The van der Waals surface area contributed by atoms with Gasteiger partial charge in [-0.25, -0.2) is 0 Å². The zero-order chi connectivity index (χ0) is 38.5. The van der Waals surface area contributed by atoms with Gasteiger partial charge in [-0.3, -0.25) is 0 Å². The summed E-state index contributed by atoms with van der Waals surface area (Å²) in [5.74, 6) is 1.61. The Kier molecular flexibility index (Phi) is 22.4. The maximum Gasteiger partial charge on any atom is 0.119 e. The van der Waals surface area contributed by atoms with E-state index in [1.165, 1.54) is 0 Å². The minimum atomic E-state index is 0.462. The van der Waals surface area contributed by atoms with Crippen LogP contribution in [0.4, 0.5) is 34.1 Å². The summed E-state index contributed by atoms with van der Waals surface area (Å²) in [4.78, 5) is 4.45. The van der Waals surface area contributed by atoms with Crippen molar-refractivity contribution in [3.8, 4) is 11.5 Å². The van der Waals surface area contributed by atoms with Crippen LogP contribution in [0, 0.1) is 0 Å². The number of benzene rings is 6. The molecule has 0 amide bonds. The van der Waals surface area contributed by atoms with Gasteiger partial charge in [0.25, 0.3) is 0 Å². The third-order valence-electron chi connectivity index (χ3n) is 7.24. The molecule has 0 saturated carbocycles. The van der Waals surface area contributed by atoms with Crippen molar-refractivity contribution in [2.75, 3.05) is 36.2 Å². The molecule has 6 rings (SSSR count). The van der Waals surface area contributed by atoms with E-state index in [2.05, 4.69) is 131 Å². The average Bonchev–Trinajstić information content (AvgIpc) is 3.26. The van der Waals surface area contributed by atoms with Gasteiger partial charge < -0.3 is 24.0 Å². The third-order valence-corrected chi connectivity index (χ3v) is 7.24. The third kappa shape index (κ3) is 14.2. The standard InChI is InChI=1S/C40H36N2O3.4C2H6/c1-5-13-33(14-6-1)41(34-15-7-2-8-16-34)37-21-25-39(26-22-37)44-31-29-43-30-32-45-40-27-23-38(24-28-40)42(35-17-9-3-10-18-35)36-19-11-4-12-20-36;4*1-2/h1-28H,29-32H2;4*1-2H3. The van der Waals surface area contributed by atoms with Crippen molar-refractivity contribution in [1.82, 2.24) is 0 Å². The van der Waals surface area contributed by atoms with Gasteiger partial charge in [-0.1, -0.05) is 128 Å². The zero-order valence-corrected chi connectivity index (χ0v) is 33.1. The molecule has 0 fully saturated rings. The molecule has 0 radical (unpaired) electrons. The van der Waals surface area contributed by atoms with Crippen LogP contribution in [0.5, 0.6) is 11.5 Å². The number of rotatable bonds is 14. The molecular formula is C48H60N2O3. The predicted octanol–water partition coefficient (Wildman–Crippen LogP) is 14.2. The average molecular weight is 713 g/mol. The van der Waals surface area contributed by atoms with E-state index in [4.69, 9.17) is 14.2 Å². The summed E-state index contributed by atoms with van der Waals surface area (Å²) in [5, 5.41) is 0. The molecule has 280 valence electrons. The lowest BCUT2D eigenvalue weighted by Gasteiger charge is -2.25. The quantitative estimate of drug-likeness (QED) is 0.105. The largest absolute Gasteiger partial charge is 0.491 e. The fraction of sp³-hybridized carbons (Fsp3) is 0.250. The molecule has 0 N–H and O–H groups in total. The molecule has 0 aliphatic carbocycles. The molecule has 0 aromatic heterocycles. The number of ether oxygens (including phenoxy) is 3. The maximum absolute atomic E-state index is 5.94. The summed E-state index contributed by atoms with van der Waals surface area (Å²) < 4.78 is 17.6. The highest BCUT2D eigenvalue weighted by molar-refractivity contribution is 5.77. The summed E-state index contributed by atoms with van der Waals surface area (Å²) in [6.45, 7) is 17.9. The number of hydrogen-bond acceptors (Lipinski definition) is 5. The van der Waals surface area contributed by atoms with E-state index in [1.807, 2.05) is 104 Å². The fourth-order valence-corrected chi connectivity index (χ4v) is 5.12. The van der Waals surface area contributed by atoms with Crippen molar-refractivity contribution in [2.24, 2.45) is 0 Å². The van der Waals surface area contributed by atoms with Gasteiger partial charge in [0.05, 0.1) is 13.2 Å². The highest BCUT2D eigenvalue weighted by atomic mass is 16.5. The van der Waals surface area contributed by atoms with Gasteiger partial charge in [-0.2, -0.15) is 0 Å². The second kappa shape index (κ2) is 27.2. The second-order valence-electron chi connectivity index (χ2n) is 10.3. The monoisotopic (exact) mass is 712 g/mol. The lowest BCUT2D eigenvalue weighted by atomic mass is 10.2. The van der Waals surface area contributed by atoms with Crippen LogP contribution in [0.25, 0.3) is 0 Å². The zero-order valence-electron chi connectivity index (χ0n) is 33.1. The van der Waals surface area contributed by atoms with Crippen molar-refractivity contribution < 1.29 is 14.2 Å². The van der Waals surface area contributed by atoms with Crippen molar-refractivity contribution in [2.45, 2.75) is 55.4 Å².